The van der Waals surface area contributed by atoms with Gasteiger partial charge in [0.1, 0.15) is 24.4 Å². The lowest BCUT2D eigenvalue weighted by Gasteiger charge is -2.34. The number of ether oxygens (including phenoxy) is 2. The zero-order valence-electron chi connectivity index (χ0n) is 17.5. The standard InChI is InChI=1S/C22H26N4O4S/c1-28-18-4-6-19(7-5-18)29-13-12-25-8-10-26(11-9-25)22(27)23-15-17-16-30-21(24-17)20-3-2-14-31-20/h2-7,14,16H,8-13,15H2,1H3,(H,23,27). The molecule has 31 heavy (non-hydrogen) atoms. The normalized spacial score (nSPS) is 14.4. The molecule has 0 unspecified atom stereocenters. The lowest BCUT2D eigenvalue weighted by Crippen LogP contribution is -2.52. The highest BCUT2D eigenvalue weighted by Gasteiger charge is 2.21. The second kappa shape index (κ2) is 10.3. The predicted octanol–water partition coefficient (Wildman–Crippen LogP) is 3.32. The van der Waals surface area contributed by atoms with E-state index in [9.17, 15) is 4.79 Å². The highest BCUT2D eigenvalue weighted by atomic mass is 32.1. The summed E-state index contributed by atoms with van der Waals surface area (Å²) in [6, 6.07) is 11.4. The molecule has 8 nitrogen and oxygen atoms in total. The number of thiophene rings is 1. The van der Waals surface area contributed by atoms with Crippen LogP contribution >= 0.6 is 11.3 Å². The van der Waals surface area contributed by atoms with Crippen LogP contribution in [0, 0.1) is 0 Å². The van der Waals surface area contributed by atoms with Gasteiger partial charge >= 0.3 is 6.03 Å². The van der Waals surface area contributed by atoms with Gasteiger partial charge in [-0.15, -0.1) is 11.3 Å². The number of carbonyl (C=O) groups is 1. The number of piperazine rings is 1. The van der Waals surface area contributed by atoms with E-state index < -0.39 is 0 Å². The molecule has 1 aliphatic heterocycles. The molecule has 0 saturated carbocycles. The summed E-state index contributed by atoms with van der Waals surface area (Å²) in [5.74, 6) is 2.23. The highest BCUT2D eigenvalue weighted by Crippen LogP contribution is 2.23. The summed E-state index contributed by atoms with van der Waals surface area (Å²) in [5, 5.41) is 4.91. The van der Waals surface area contributed by atoms with Crippen molar-refractivity contribution in [1.29, 1.82) is 0 Å². The minimum atomic E-state index is -0.0743. The Morgan fingerprint density at radius 3 is 2.65 bits per heavy atom. The van der Waals surface area contributed by atoms with Gasteiger partial charge in [-0.05, 0) is 35.7 Å². The van der Waals surface area contributed by atoms with Crippen LogP contribution in [-0.4, -0.2) is 67.3 Å². The van der Waals surface area contributed by atoms with E-state index in [4.69, 9.17) is 13.9 Å². The number of benzene rings is 1. The van der Waals surface area contributed by atoms with Crippen LogP contribution in [0.4, 0.5) is 4.79 Å². The molecule has 3 heterocycles. The Balaban J connectivity index is 1.14. The van der Waals surface area contributed by atoms with Gasteiger partial charge in [-0.2, -0.15) is 0 Å². The van der Waals surface area contributed by atoms with Crippen LogP contribution in [-0.2, 0) is 6.54 Å². The zero-order chi connectivity index (χ0) is 21.5. The fraction of sp³-hybridized carbons (Fsp3) is 0.364. The SMILES string of the molecule is COc1ccc(OCCN2CCN(C(=O)NCc3coc(-c4cccs4)n3)CC2)cc1. The number of hydrogen-bond donors (Lipinski definition) is 1. The molecule has 1 saturated heterocycles. The molecule has 4 rings (SSSR count). The molecular formula is C22H26N4O4S. The molecule has 1 aromatic carbocycles. The third-order valence-corrected chi connectivity index (χ3v) is 5.96. The van der Waals surface area contributed by atoms with Crippen molar-refractivity contribution in [2.24, 2.45) is 0 Å². The first kappa shape index (κ1) is 21.2. The topological polar surface area (TPSA) is 80.1 Å². The average Bonchev–Trinajstić information content (AvgIpc) is 3.50. The number of oxazole rings is 1. The van der Waals surface area contributed by atoms with Crippen LogP contribution < -0.4 is 14.8 Å². The average molecular weight is 443 g/mol. The van der Waals surface area contributed by atoms with E-state index in [1.54, 1.807) is 24.7 Å². The first-order valence-electron chi connectivity index (χ1n) is 10.2. The number of methoxy groups -OCH3 is 1. The summed E-state index contributed by atoms with van der Waals surface area (Å²) in [4.78, 5) is 22.0. The molecule has 9 heteroatoms. The van der Waals surface area contributed by atoms with Crippen LogP contribution in [0.15, 0.2) is 52.5 Å². The van der Waals surface area contributed by atoms with Gasteiger partial charge in [-0.25, -0.2) is 9.78 Å². The van der Waals surface area contributed by atoms with Crippen molar-refractivity contribution in [3.8, 4) is 22.3 Å². The van der Waals surface area contributed by atoms with Crippen LogP contribution in [0.25, 0.3) is 10.8 Å². The Morgan fingerprint density at radius 1 is 1.16 bits per heavy atom. The van der Waals surface area contributed by atoms with Gasteiger partial charge in [0.15, 0.2) is 0 Å². The minimum absolute atomic E-state index is 0.0743. The van der Waals surface area contributed by atoms with Crippen molar-refractivity contribution < 1.29 is 18.7 Å². The lowest BCUT2D eigenvalue weighted by atomic mass is 10.3. The number of rotatable bonds is 8. The third kappa shape index (κ3) is 5.77. The third-order valence-electron chi connectivity index (χ3n) is 5.10. The van der Waals surface area contributed by atoms with Crippen molar-refractivity contribution in [1.82, 2.24) is 20.1 Å². The van der Waals surface area contributed by atoms with Crippen LogP contribution in [0.2, 0.25) is 0 Å². The number of hydrogen-bond acceptors (Lipinski definition) is 7. The molecule has 0 bridgehead atoms. The number of aromatic nitrogens is 1. The van der Waals surface area contributed by atoms with E-state index in [1.807, 2.05) is 46.7 Å². The number of nitrogens with zero attached hydrogens (tertiary/aromatic N) is 3. The van der Waals surface area contributed by atoms with Gasteiger partial charge in [0, 0.05) is 32.7 Å². The Labute approximate surface area is 185 Å². The number of nitrogens with one attached hydrogen (secondary N) is 1. The molecule has 2 aromatic heterocycles. The molecule has 0 atom stereocenters. The summed E-state index contributed by atoms with van der Waals surface area (Å²) < 4.78 is 16.4. The highest BCUT2D eigenvalue weighted by molar-refractivity contribution is 7.13. The Morgan fingerprint density at radius 2 is 1.94 bits per heavy atom. The summed E-state index contributed by atoms with van der Waals surface area (Å²) in [7, 11) is 1.65. The molecule has 0 spiro atoms. The quantitative estimate of drug-likeness (QED) is 0.577. The number of amides is 2. The molecule has 0 aliphatic carbocycles. The first-order valence-corrected chi connectivity index (χ1v) is 11.1. The van der Waals surface area contributed by atoms with E-state index in [2.05, 4.69) is 15.2 Å². The van der Waals surface area contributed by atoms with Crippen molar-refractivity contribution in [2.75, 3.05) is 46.4 Å². The summed E-state index contributed by atoms with van der Waals surface area (Å²) in [6.07, 6.45) is 1.59. The van der Waals surface area contributed by atoms with Gasteiger partial charge < -0.3 is 24.1 Å². The van der Waals surface area contributed by atoms with Crippen LogP contribution in [0.1, 0.15) is 5.69 Å². The fourth-order valence-electron chi connectivity index (χ4n) is 3.32. The molecular weight excluding hydrogens is 416 g/mol. The molecule has 0 radical (unpaired) electrons. The summed E-state index contributed by atoms with van der Waals surface area (Å²) >= 11 is 1.57. The maximum absolute atomic E-state index is 12.5. The predicted molar refractivity (Wildman–Crippen MR) is 119 cm³/mol. The Bertz CT molecular complexity index is 950. The van der Waals surface area contributed by atoms with Crippen molar-refractivity contribution >= 4 is 17.4 Å². The molecule has 1 fully saturated rings. The Kier molecular flexibility index (Phi) is 7.06. The Hall–Kier alpha value is -3.04. The van der Waals surface area contributed by atoms with Gasteiger partial charge in [0.05, 0.1) is 24.2 Å². The van der Waals surface area contributed by atoms with E-state index in [-0.39, 0.29) is 6.03 Å². The molecule has 3 aromatic rings. The van der Waals surface area contributed by atoms with Crippen molar-refractivity contribution in [3.05, 3.63) is 53.7 Å². The van der Waals surface area contributed by atoms with Gasteiger partial charge in [-0.3, -0.25) is 4.90 Å². The first-order chi connectivity index (χ1) is 15.2. The van der Waals surface area contributed by atoms with E-state index in [0.717, 1.165) is 36.0 Å². The lowest BCUT2D eigenvalue weighted by molar-refractivity contribution is 0.126. The minimum Gasteiger partial charge on any atom is -0.497 e. The van der Waals surface area contributed by atoms with Crippen LogP contribution in [0.3, 0.4) is 0 Å². The monoisotopic (exact) mass is 442 g/mol. The van der Waals surface area contributed by atoms with Gasteiger partial charge in [0.25, 0.3) is 0 Å². The smallest absolute Gasteiger partial charge is 0.317 e. The van der Waals surface area contributed by atoms with E-state index in [0.29, 0.717) is 37.8 Å². The fourth-order valence-corrected chi connectivity index (χ4v) is 3.97. The van der Waals surface area contributed by atoms with Crippen molar-refractivity contribution in [2.45, 2.75) is 6.54 Å². The van der Waals surface area contributed by atoms with Crippen molar-refractivity contribution in [3.63, 3.8) is 0 Å². The number of carbonyl (C=O) groups excluding carboxylic acids is 1. The zero-order valence-corrected chi connectivity index (χ0v) is 18.3. The maximum atomic E-state index is 12.5. The second-order valence-electron chi connectivity index (χ2n) is 7.13. The molecule has 1 aliphatic rings. The van der Waals surface area contributed by atoms with E-state index >= 15 is 0 Å². The summed E-state index contributed by atoms with van der Waals surface area (Å²) in [5.41, 5.74) is 0.714. The molecule has 2 amide bonds. The molecule has 1 N–H and O–H groups in total. The molecule has 164 valence electrons. The van der Waals surface area contributed by atoms with Gasteiger partial charge in [-0.1, -0.05) is 6.07 Å². The maximum Gasteiger partial charge on any atom is 0.317 e. The largest absolute Gasteiger partial charge is 0.497 e. The number of urea groups is 1. The van der Waals surface area contributed by atoms with E-state index in [1.165, 1.54) is 0 Å². The summed E-state index contributed by atoms with van der Waals surface area (Å²) in [6.45, 7) is 4.81. The second-order valence-corrected chi connectivity index (χ2v) is 8.08. The van der Waals surface area contributed by atoms with Gasteiger partial charge in [0.2, 0.25) is 5.89 Å². The van der Waals surface area contributed by atoms with Crippen LogP contribution in [0.5, 0.6) is 11.5 Å².